The monoisotopic (exact) mass is 211 g/mol. The number of aliphatic carboxylic acids is 1. The highest BCUT2D eigenvalue weighted by Gasteiger charge is 2.58. The summed E-state index contributed by atoms with van der Waals surface area (Å²) >= 11 is 0. The van der Waals surface area contributed by atoms with E-state index in [0.29, 0.717) is 5.92 Å². The van der Waals surface area contributed by atoms with Crippen molar-refractivity contribution in [1.82, 2.24) is 4.90 Å². The van der Waals surface area contributed by atoms with Crippen LogP contribution in [0.1, 0.15) is 38.5 Å². The molecule has 1 unspecified atom stereocenters. The molecule has 2 aliphatic carbocycles. The minimum Gasteiger partial charge on any atom is -0.481 e. The summed E-state index contributed by atoms with van der Waals surface area (Å²) < 4.78 is 0. The van der Waals surface area contributed by atoms with Crippen molar-refractivity contribution in [2.24, 2.45) is 11.3 Å². The van der Waals surface area contributed by atoms with Gasteiger partial charge in [-0.15, -0.1) is 0 Å². The fourth-order valence-electron chi connectivity index (χ4n) is 3.41. The van der Waals surface area contributed by atoms with Crippen LogP contribution in [0.2, 0.25) is 0 Å². The van der Waals surface area contributed by atoms with Crippen molar-refractivity contribution in [2.75, 3.05) is 14.1 Å². The van der Waals surface area contributed by atoms with E-state index in [1.165, 1.54) is 25.7 Å². The fraction of sp³-hybridized carbons (Fsp3) is 0.917. The van der Waals surface area contributed by atoms with E-state index >= 15 is 0 Å². The summed E-state index contributed by atoms with van der Waals surface area (Å²) in [6.07, 6.45) is 6.76. The molecule has 3 heteroatoms. The average Bonchev–Trinajstić information content (AvgIpc) is 2.75. The molecular weight excluding hydrogens is 190 g/mol. The Hall–Kier alpha value is -0.570. The Balaban J connectivity index is 2.16. The number of carboxylic acids is 1. The van der Waals surface area contributed by atoms with Crippen molar-refractivity contribution in [2.45, 2.75) is 44.6 Å². The van der Waals surface area contributed by atoms with Gasteiger partial charge in [0.25, 0.3) is 0 Å². The molecule has 1 N–H and O–H groups in total. The second-order valence-electron chi connectivity index (χ2n) is 5.41. The van der Waals surface area contributed by atoms with E-state index in [-0.39, 0.29) is 6.04 Å². The lowest BCUT2D eigenvalue weighted by atomic mass is 9.83. The van der Waals surface area contributed by atoms with Crippen LogP contribution >= 0.6 is 0 Å². The molecule has 15 heavy (non-hydrogen) atoms. The Morgan fingerprint density at radius 2 is 1.87 bits per heavy atom. The van der Waals surface area contributed by atoms with Gasteiger partial charge in [0.05, 0.1) is 5.41 Å². The van der Waals surface area contributed by atoms with Crippen LogP contribution < -0.4 is 0 Å². The quantitative estimate of drug-likeness (QED) is 0.773. The molecule has 0 aromatic carbocycles. The predicted octanol–water partition coefficient (Wildman–Crippen LogP) is 1.97. The van der Waals surface area contributed by atoms with Crippen molar-refractivity contribution in [1.29, 1.82) is 0 Å². The SMILES string of the molecule is CN(C)C(C1CCCC1)C1(C(=O)O)CC1. The highest BCUT2D eigenvalue weighted by atomic mass is 16.4. The lowest BCUT2D eigenvalue weighted by Crippen LogP contribution is -2.45. The zero-order valence-electron chi connectivity index (χ0n) is 9.70. The Morgan fingerprint density at radius 1 is 1.33 bits per heavy atom. The molecule has 0 aromatic heterocycles. The molecule has 1 atom stereocenters. The maximum atomic E-state index is 11.4. The molecule has 2 aliphatic rings. The van der Waals surface area contributed by atoms with Gasteiger partial charge in [-0.1, -0.05) is 12.8 Å². The van der Waals surface area contributed by atoms with Gasteiger partial charge in [0.15, 0.2) is 0 Å². The standard InChI is InChI=1S/C12H21NO2/c1-13(2)10(9-5-3-4-6-9)12(7-8-12)11(14)15/h9-10H,3-8H2,1-2H3,(H,14,15). The van der Waals surface area contributed by atoms with Gasteiger partial charge in [0, 0.05) is 6.04 Å². The van der Waals surface area contributed by atoms with Gasteiger partial charge in [-0.25, -0.2) is 0 Å². The molecule has 0 aromatic rings. The van der Waals surface area contributed by atoms with Gasteiger partial charge in [0.2, 0.25) is 0 Å². The number of hydrogen-bond donors (Lipinski definition) is 1. The minimum atomic E-state index is -0.576. The summed E-state index contributed by atoms with van der Waals surface area (Å²) in [7, 11) is 4.07. The number of carbonyl (C=O) groups is 1. The molecule has 2 saturated carbocycles. The second-order valence-corrected chi connectivity index (χ2v) is 5.41. The molecule has 0 amide bonds. The molecule has 86 valence electrons. The molecule has 0 heterocycles. The topological polar surface area (TPSA) is 40.5 Å². The first-order valence-electron chi connectivity index (χ1n) is 5.98. The van der Waals surface area contributed by atoms with E-state index in [9.17, 15) is 9.90 Å². The molecule has 0 radical (unpaired) electrons. The summed E-state index contributed by atoms with van der Waals surface area (Å²) in [6, 6.07) is 0.262. The molecule has 0 bridgehead atoms. The third-order valence-corrected chi connectivity index (χ3v) is 4.18. The first-order chi connectivity index (χ1) is 7.08. The van der Waals surface area contributed by atoms with Crippen LogP contribution in [-0.2, 0) is 4.79 Å². The molecule has 2 fully saturated rings. The molecular formula is C12H21NO2. The highest BCUT2D eigenvalue weighted by molar-refractivity contribution is 5.79. The summed E-state index contributed by atoms with van der Waals surface area (Å²) in [4.78, 5) is 13.5. The predicted molar refractivity (Wildman–Crippen MR) is 58.7 cm³/mol. The summed E-state index contributed by atoms with van der Waals surface area (Å²) in [5.74, 6) is 0.0340. The van der Waals surface area contributed by atoms with Crippen molar-refractivity contribution < 1.29 is 9.90 Å². The zero-order valence-corrected chi connectivity index (χ0v) is 9.70. The Morgan fingerprint density at radius 3 is 2.20 bits per heavy atom. The van der Waals surface area contributed by atoms with Gasteiger partial charge in [-0.05, 0) is 45.7 Å². The van der Waals surface area contributed by atoms with Crippen molar-refractivity contribution in [3.63, 3.8) is 0 Å². The third kappa shape index (κ3) is 1.78. The van der Waals surface area contributed by atoms with E-state index in [1.54, 1.807) is 0 Å². The molecule has 0 saturated heterocycles. The lowest BCUT2D eigenvalue weighted by molar-refractivity contribution is -0.147. The van der Waals surface area contributed by atoms with Crippen LogP contribution in [0.5, 0.6) is 0 Å². The summed E-state index contributed by atoms with van der Waals surface area (Å²) in [5.41, 5.74) is -0.404. The number of carboxylic acid groups (broad SMARTS) is 1. The van der Waals surface area contributed by atoms with Gasteiger partial charge in [-0.2, -0.15) is 0 Å². The van der Waals surface area contributed by atoms with Crippen LogP contribution in [0, 0.1) is 11.3 Å². The second kappa shape index (κ2) is 3.78. The lowest BCUT2D eigenvalue weighted by Gasteiger charge is -2.35. The van der Waals surface area contributed by atoms with Crippen LogP contribution in [-0.4, -0.2) is 36.1 Å². The summed E-state index contributed by atoms with van der Waals surface area (Å²) in [6.45, 7) is 0. The average molecular weight is 211 g/mol. The van der Waals surface area contributed by atoms with Crippen LogP contribution in [0.25, 0.3) is 0 Å². The number of hydrogen-bond acceptors (Lipinski definition) is 2. The smallest absolute Gasteiger partial charge is 0.311 e. The van der Waals surface area contributed by atoms with Gasteiger partial charge in [-0.3, -0.25) is 4.79 Å². The van der Waals surface area contributed by atoms with Crippen LogP contribution in [0.3, 0.4) is 0 Å². The maximum absolute atomic E-state index is 11.4. The van der Waals surface area contributed by atoms with E-state index in [4.69, 9.17) is 0 Å². The third-order valence-electron chi connectivity index (χ3n) is 4.18. The number of nitrogens with zero attached hydrogens (tertiary/aromatic N) is 1. The number of rotatable bonds is 4. The van der Waals surface area contributed by atoms with Crippen molar-refractivity contribution in [3.8, 4) is 0 Å². The van der Waals surface area contributed by atoms with Gasteiger partial charge in [0.1, 0.15) is 0 Å². The molecule has 0 spiro atoms. The van der Waals surface area contributed by atoms with Gasteiger partial charge >= 0.3 is 5.97 Å². The first kappa shape index (κ1) is 10.9. The van der Waals surface area contributed by atoms with Gasteiger partial charge < -0.3 is 10.0 Å². The molecule has 2 rings (SSSR count). The van der Waals surface area contributed by atoms with Crippen LogP contribution in [0.15, 0.2) is 0 Å². The Labute approximate surface area is 91.5 Å². The fourth-order valence-corrected chi connectivity index (χ4v) is 3.41. The van der Waals surface area contributed by atoms with E-state index < -0.39 is 11.4 Å². The van der Waals surface area contributed by atoms with E-state index in [1.807, 2.05) is 14.1 Å². The highest BCUT2D eigenvalue weighted by Crippen LogP contribution is 2.54. The zero-order chi connectivity index (χ0) is 11.1. The van der Waals surface area contributed by atoms with Crippen molar-refractivity contribution in [3.05, 3.63) is 0 Å². The molecule has 0 aliphatic heterocycles. The van der Waals surface area contributed by atoms with Crippen LogP contribution in [0.4, 0.5) is 0 Å². The Kier molecular flexibility index (Phi) is 2.75. The summed E-state index contributed by atoms with van der Waals surface area (Å²) in [5, 5.41) is 9.36. The van der Waals surface area contributed by atoms with E-state index in [2.05, 4.69) is 4.90 Å². The normalized spacial score (nSPS) is 26.9. The first-order valence-corrected chi connectivity index (χ1v) is 5.98. The Bertz CT molecular complexity index is 252. The largest absolute Gasteiger partial charge is 0.481 e. The van der Waals surface area contributed by atoms with Crippen molar-refractivity contribution >= 4 is 5.97 Å². The molecule has 3 nitrogen and oxygen atoms in total. The van der Waals surface area contributed by atoms with E-state index in [0.717, 1.165) is 12.8 Å². The minimum absolute atomic E-state index is 0.262. The maximum Gasteiger partial charge on any atom is 0.311 e.